The summed E-state index contributed by atoms with van der Waals surface area (Å²) in [4.78, 5) is 16.3. The third-order valence-corrected chi connectivity index (χ3v) is 7.27. The Kier molecular flexibility index (Phi) is 4.36. The Morgan fingerprint density at radius 3 is 2.78 bits per heavy atom. The molecule has 3 aromatic rings. The number of nitrogens with zero attached hydrogens (tertiary/aromatic N) is 1. The maximum Gasteiger partial charge on any atom is 0.251 e. The van der Waals surface area contributed by atoms with Crippen LogP contribution in [0.1, 0.15) is 44.3 Å². The molecule has 3 nitrogen and oxygen atoms in total. The fourth-order valence-electron chi connectivity index (χ4n) is 3.93. The average molecular weight is 377 g/mol. The monoisotopic (exact) mass is 376 g/mol. The first kappa shape index (κ1) is 17.9. The quantitative estimate of drug-likeness (QED) is 0.654. The molecule has 0 bridgehead atoms. The number of fused-ring (bicyclic) bond motifs is 2. The van der Waals surface area contributed by atoms with Gasteiger partial charge in [0, 0.05) is 22.7 Å². The second-order valence-corrected chi connectivity index (χ2v) is 9.00. The normalized spacial score (nSPS) is 20.8. The van der Waals surface area contributed by atoms with Crippen LogP contribution in [-0.4, -0.2) is 10.2 Å². The highest BCUT2D eigenvalue weighted by Crippen LogP contribution is 2.49. The van der Waals surface area contributed by atoms with E-state index in [1.54, 1.807) is 0 Å². The predicted molar refractivity (Wildman–Crippen MR) is 114 cm³/mol. The standard InChI is InChI=1S/C23H22N2OS.H2/c1-14-10-16-8-9-17(11-19(16)25-22(14)26)23(3,13-24)12-21-15(2)18-6-4-5-7-20(18)27-21;/h4-11,15,21H,12H2,1-3H3,(H,25,26);1H. The van der Waals surface area contributed by atoms with Crippen molar-refractivity contribution in [2.24, 2.45) is 0 Å². The smallest absolute Gasteiger partial charge is 0.251 e. The van der Waals surface area contributed by atoms with Crippen molar-refractivity contribution in [3.8, 4) is 6.07 Å². The summed E-state index contributed by atoms with van der Waals surface area (Å²) in [5.41, 5.74) is 3.15. The zero-order valence-electron chi connectivity index (χ0n) is 15.7. The zero-order chi connectivity index (χ0) is 19.2. The Morgan fingerprint density at radius 2 is 2.04 bits per heavy atom. The molecule has 0 saturated carbocycles. The summed E-state index contributed by atoms with van der Waals surface area (Å²) in [6.45, 7) is 6.07. The molecule has 3 atom stereocenters. The van der Waals surface area contributed by atoms with Crippen LogP contribution in [0.5, 0.6) is 0 Å². The number of aromatic nitrogens is 1. The van der Waals surface area contributed by atoms with Crippen LogP contribution in [0.4, 0.5) is 0 Å². The molecule has 1 aliphatic rings. The molecular weight excluding hydrogens is 352 g/mol. The lowest BCUT2D eigenvalue weighted by Gasteiger charge is -2.27. The number of benzene rings is 2. The average Bonchev–Trinajstić information content (AvgIpc) is 2.98. The summed E-state index contributed by atoms with van der Waals surface area (Å²) < 4.78 is 0. The highest BCUT2D eigenvalue weighted by molar-refractivity contribution is 8.00. The lowest BCUT2D eigenvalue weighted by molar-refractivity contribution is 0.511. The Bertz CT molecular complexity index is 1130. The first-order valence-electron chi connectivity index (χ1n) is 9.22. The Balaban J connectivity index is 0.00000225. The van der Waals surface area contributed by atoms with E-state index in [-0.39, 0.29) is 6.99 Å². The molecule has 1 aromatic heterocycles. The molecule has 4 rings (SSSR count). The predicted octanol–water partition coefficient (Wildman–Crippen LogP) is 5.53. The van der Waals surface area contributed by atoms with Crippen molar-refractivity contribution in [3.63, 3.8) is 0 Å². The second kappa shape index (κ2) is 6.58. The third-order valence-electron chi connectivity index (χ3n) is 5.77. The molecule has 0 amide bonds. The van der Waals surface area contributed by atoms with Crippen molar-refractivity contribution < 1.29 is 1.43 Å². The van der Waals surface area contributed by atoms with Gasteiger partial charge in [0.25, 0.3) is 5.56 Å². The van der Waals surface area contributed by atoms with Crippen molar-refractivity contribution in [2.75, 3.05) is 0 Å². The molecule has 0 radical (unpaired) electrons. The van der Waals surface area contributed by atoms with E-state index >= 15 is 0 Å². The minimum absolute atomic E-state index is 0. The SMILES string of the molecule is Cc1cc2ccc(C(C)(C#N)CC3Sc4ccccc4C3C)cc2[nH]c1=O.[HH]. The van der Waals surface area contributed by atoms with Crippen molar-refractivity contribution in [3.05, 3.63) is 75.6 Å². The largest absolute Gasteiger partial charge is 0.322 e. The number of thioether (sulfide) groups is 1. The molecule has 138 valence electrons. The lowest BCUT2D eigenvalue weighted by Crippen LogP contribution is -2.26. The molecular formula is C23H24N2OS. The van der Waals surface area contributed by atoms with Crippen LogP contribution in [0.2, 0.25) is 0 Å². The van der Waals surface area contributed by atoms with Crippen LogP contribution in [0.25, 0.3) is 10.9 Å². The van der Waals surface area contributed by atoms with E-state index in [2.05, 4.69) is 42.2 Å². The number of nitrogens with one attached hydrogen (secondary N) is 1. The van der Waals surface area contributed by atoms with Crippen molar-refractivity contribution in [2.45, 2.75) is 48.7 Å². The number of aromatic amines is 1. The number of nitriles is 1. The van der Waals surface area contributed by atoms with E-state index in [1.807, 2.05) is 49.9 Å². The van der Waals surface area contributed by atoms with E-state index in [4.69, 9.17) is 0 Å². The van der Waals surface area contributed by atoms with Gasteiger partial charge in [-0.1, -0.05) is 37.3 Å². The molecule has 2 aromatic carbocycles. The molecule has 4 heteroatoms. The maximum atomic E-state index is 12.0. The minimum Gasteiger partial charge on any atom is -0.322 e. The lowest BCUT2D eigenvalue weighted by atomic mass is 9.77. The number of pyridine rings is 1. The fourth-order valence-corrected chi connectivity index (χ4v) is 5.57. The van der Waals surface area contributed by atoms with Crippen LogP contribution in [-0.2, 0) is 5.41 Å². The van der Waals surface area contributed by atoms with Gasteiger partial charge < -0.3 is 4.98 Å². The van der Waals surface area contributed by atoms with Crippen molar-refractivity contribution in [1.29, 1.82) is 5.26 Å². The second-order valence-electron chi connectivity index (χ2n) is 7.71. The number of aryl methyl sites for hydroxylation is 1. The van der Waals surface area contributed by atoms with E-state index in [0.29, 0.717) is 16.7 Å². The summed E-state index contributed by atoms with van der Waals surface area (Å²) in [6.07, 6.45) is 0.769. The molecule has 2 heterocycles. The highest BCUT2D eigenvalue weighted by atomic mass is 32.2. The number of rotatable bonds is 3. The fraction of sp³-hybridized carbons (Fsp3) is 0.304. The van der Waals surface area contributed by atoms with Crippen LogP contribution in [0, 0.1) is 18.3 Å². The molecule has 0 fully saturated rings. The summed E-state index contributed by atoms with van der Waals surface area (Å²) in [7, 11) is 0. The number of H-pyrrole nitrogens is 1. The first-order chi connectivity index (χ1) is 12.9. The number of hydrogen-bond donors (Lipinski definition) is 1. The van der Waals surface area contributed by atoms with Crippen LogP contribution in [0.15, 0.2) is 58.2 Å². The van der Waals surface area contributed by atoms with E-state index in [1.165, 1.54) is 10.5 Å². The van der Waals surface area contributed by atoms with E-state index in [9.17, 15) is 10.1 Å². The van der Waals surface area contributed by atoms with Gasteiger partial charge in [-0.25, -0.2) is 0 Å². The number of hydrogen-bond acceptors (Lipinski definition) is 3. The summed E-state index contributed by atoms with van der Waals surface area (Å²) in [6, 6.07) is 19.0. The topological polar surface area (TPSA) is 56.6 Å². The van der Waals surface area contributed by atoms with Crippen LogP contribution >= 0.6 is 11.8 Å². The van der Waals surface area contributed by atoms with Gasteiger partial charge in [0.2, 0.25) is 0 Å². The van der Waals surface area contributed by atoms with Gasteiger partial charge in [0.1, 0.15) is 0 Å². The Labute approximate surface area is 164 Å². The van der Waals surface area contributed by atoms with Gasteiger partial charge in [-0.15, -0.1) is 11.8 Å². The Hall–Kier alpha value is -2.51. The summed E-state index contributed by atoms with van der Waals surface area (Å²) >= 11 is 1.88. The summed E-state index contributed by atoms with van der Waals surface area (Å²) in [5, 5.41) is 11.4. The molecule has 0 spiro atoms. The first-order valence-corrected chi connectivity index (χ1v) is 10.1. The summed E-state index contributed by atoms with van der Waals surface area (Å²) in [5.74, 6) is 0.418. The molecule has 0 saturated heterocycles. The van der Waals surface area contributed by atoms with Gasteiger partial charge in [0.15, 0.2) is 0 Å². The van der Waals surface area contributed by atoms with Gasteiger partial charge in [-0.05, 0) is 60.9 Å². The van der Waals surface area contributed by atoms with Crippen LogP contribution in [0.3, 0.4) is 0 Å². The van der Waals surface area contributed by atoms with Crippen LogP contribution < -0.4 is 5.56 Å². The maximum absolute atomic E-state index is 12.0. The Morgan fingerprint density at radius 1 is 1.26 bits per heavy atom. The molecule has 3 unspecified atom stereocenters. The molecule has 27 heavy (non-hydrogen) atoms. The van der Waals surface area contributed by atoms with Gasteiger partial charge >= 0.3 is 0 Å². The van der Waals surface area contributed by atoms with E-state index in [0.717, 1.165) is 22.9 Å². The van der Waals surface area contributed by atoms with E-state index < -0.39 is 5.41 Å². The highest BCUT2D eigenvalue weighted by Gasteiger charge is 2.37. The molecule has 1 aliphatic heterocycles. The zero-order valence-corrected chi connectivity index (χ0v) is 16.6. The van der Waals surface area contributed by atoms with Crippen molar-refractivity contribution >= 4 is 22.7 Å². The molecule has 0 aliphatic carbocycles. The van der Waals surface area contributed by atoms with Gasteiger partial charge in [-0.3, -0.25) is 4.79 Å². The minimum atomic E-state index is -0.607. The molecule has 1 N–H and O–H groups in total. The van der Waals surface area contributed by atoms with Gasteiger partial charge in [0.05, 0.1) is 11.5 Å². The third kappa shape index (κ3) is 3.07. The van der Waals surface area contributed by atoms with Gasteiger partial charge in [-0.2, -0.15) is 5.26 Å². The van der Waals surface area contributed by atoms with Crippen molar-refractivity contribution in [1.82, 2.24) is 4.98 Å².